The van der Waals surface area contributed by atoms with Crippen LogP contribution in [0.3, 0.4) is 0 Å². The van der Waals surface area contributed by atoms with E-state index in [2.05, 4.69) is 20.8 Å². The third-order valence-electron chi connectivity index (χ3n) is 3.53. The van der Waals surface area contributed by atoms with E-state index in [1.54, 1.807) is 18.2 Å². The Labute approximate surface area is 170 Å². The lowest BCUT2D eigenvalue weighted by molar-refractivity contribution is -0.118. The Hall–Kier alpha value is -2.65. The van der Waals surface area contributed by atoms with E-state index in [-0.39, 0.29) is 17.5 Å². The smallest absolute Gasteiger partial charge is 0.230 e. The molecule has 0 aliphatic rings. The average molecular weight is 419 g/mol. The molecule has 6 nitrogen and oxygen atoms in total. The lowest BCUT2D eigenvalue weighted by atomic mass is 10.2. The number of hydrogen-bond acceptors (Lipinski definition) is 7. The fraction of sp³-hybridized carbons (Fsp3) is 0.211. The molecule has 9 heteroatoms. The summed E-state index contributed by atoms with van der Waals surface area (Å²) in [7, 11) is 0. The Morgan fingerprint density at radius 3 is 2.89 bits per heavy atom. The molecule has 0 aliphatic carbocycles. The van der Waals surface area contributed by atoms with Gasteiger partial charge in [-0.3, -0.25) is 4.79 Å². The normalized spacial score (nSPS) is 10.5. The monoisotopic (exact) mass is 418 g/mol. The molecule has 0 fully saturated rings. The van der Waals surface area contributed by atoms with Crippen molar-refractivity contribution in [3.8, 4) is 5.75 Å². The molecule has 3 aromatic rings. The predicted molar refractivity (Wildman–Crippen MR) is 110 cm³/mol. The number of aryl methyl sites for hydroxylation is 1. The molecule has 146 valence electrons. The Morgan fingerprint density at radius 1 is 1.21 bits per heavy atom. The summed E-state index contributed by atoms with van der Waals surface area (Å²) in [5.41, 5.74) is 1.46. The van der Waals surface area contributed by atoms with Crippen molar-refractivity contribution in [3.63, 3.8) is 0 Å². The van der Waals surface area contributed by atoms with Crippen molar-refractivity contribution in [1.29, 1.82) is 0 Å². The number of rotatable bonds is 9. The number of hydrogen-bond donors (Lipinski definition) is 2. The van der Waals surface area contributed by atoms with Crippen molar-refractivity contribution in [2.45, 2.75) is 11.3 Å². The Bertz CT molecular complexity index is 936. The molecule has 0 spiro atoms. The van der Waals surface area contributed by atoms with E-state index in [9.17, 15) is 9.18 Å². The Balaban J connectivity index is 1.37. The van der Waals surface area contributed by atoms with Gasteiger partial charge in [0.25, 0.3) is 0 Å². The van der Waals surface area contributed by atoms with Gasteiger partial charge in [-0.05, 0) is 36.8 Å². The fourth-order valence-electron chi connectivity index (χ4n) is 2.24. The van der Waals surface area contributed by atoms with Crippen LogP contribution in [-0.2, 0) is 4.79 Å². The number of carbonyl (C=O) groups is 1. The van der Waals surface area contributed by atoms with Gasteiger partial charge in [-0.1, -0.05) is 47.4 Å². The number of ether oxygens (including phenoxy) is 1. The zero-order valence-corrected chi connectivity index (χ0v) is 16.8. The topological polar surface area (TPSA) is 76.1 Å². The zero-order chi connectivity index (χ0) is 19.8. The SMILES string of the molecule is Cc1cccc(OCCNC(=O)CSc2nnc(Nc3ccccc3F)s2)c1. The first-order chi connectivity index (χ1) is 13.6. The Kier molecular flexibility index (Phi) is 7.21. The number of halogens is 1. The molecule has 1 heterocycles. The van der Waals surface area contributed by atoms with Gasteiger partial charge in [0.2, 0.25) is 11.0 Å². The summed E-state index contributed by atoms with van der Waals surface area (Å²) in [6.45, 7) is 2.82. The number of thioether (sulfide) groups is 1. The predicted octanol–water partition coefficient (Wildman–Crippen LogP) is 4.02. The molecule has 0 radical (unpaired) electrons. The summed E-state index contributed by atoms with van der Waals surface area (Å²) < 4.78 is 19.9. The van der Waals surface area contributed by atoms with Gasteiger partial charge in [-0.15, -0.1) is 10.2 Å². The lowest BCUT2D eigenvalue weighted by Gasteiger charge is -2.07. The molecule has 2 N–H and O–H groups in total. The highest BCUT2D eigenvalue weighted by atomic mass is 32.2. The minimum atomic E-state index is -0.362. The van der Waals surface area contributed by atoms with Crippen molar-refractivity contribution < 1.29 is 13.9 Å². The molecular weight excluding hydrogens is 399 g/mol. The number of amides is 1. The highest BCUT2D eigenvalue weighted by Crippen LogP contribution is 2.28. The van der Waals surface area contributed by atoms with Crippen LogP contribution < -0.4 is 15.4 Å². The van der Waals surface area contributed by atoms with Crippen molar-refractivity contribution in [1.82, 2.24) is 15.5 Å². The second-order valence-electron chi connectivity index (χ2n) is 5.78. The molecule has 0 aliphatic heterocycles. The molecular formula is C19H19FN4O2S2. The Morgan fingerprint density at radius 2 is 2.07 bits per heavy atom. The van der Waals surface area contributed by atoms with Gasteiger partial charge in [0, 0.05) is 0 Å². The molecule has 0 saturated carbocycles. The molecule has 0 atom stereocenters. The summed E-state index contributed by atoms with van der Waals surface area (Å²) in [5, 5.41) is 14.1. The molecule has 3 rings (SSSR count). The van der Waals surface area contributed by atoms with E-state index >= 15 is 0 Å². The van der Waals surface area contributed by atoms with Gasteiger partial charge in [-0.2, -0.15) is 0 Å². The van der Waals surface area contributed by atoms with Crippen molar-refractivity contribution in [3.05, 3.63) is 59.9 Å². The van der Waals surface area contributed by atoms with Crippen LogP contribution in [0.2, 0.25) is 0 Å². The van der Waals surface area contributed by atoms with Crippen LogP contribution in [0.5, 0.6) is 5.75 Å². The van der Waals surface area contributed by atoms with E-state index in [1.807, 2.05) is 31.2 Å². The van der Waals surface area contributed by atoms with Gasteiger partial charge in [0.15, 0.2) is 4.34 Å². The molecule has 1 amide bonds. The second kappa shape index (κ2) is 10.0. The van der Waals surface area contributed by atoms with Crippen LogP contribution in [0, 0.1) is 12.7 Å². The van der Waals surface area contributed by atoms with Crippen LogP contribution in [-0.4, -0.2) is 35.0 Å². The van der Waals surface area contributed by atoms with Crippen LogP contribution in [0.15, 0.2) is 52.9 Å². The summed E-state index contributed by atoms with van der Waals surface area (Å²) in [6, 6.07) is 14.1. The first-order valence-corrected chi connectivity index (χ1v) is 10.3. The van der Waals surface area contributed by atoms with E-state index in [0.717, 1.165) is 11.3 Å². The zero-order valence-electron chi connectivity index (χ0n) is 15.1. The largest absolute Gasteiger partial charge is 0.492 e. The highest BCUT2D eigenvalue weighted by molar-refractivity contribution is 8.01. The molecule has 1 aromatic heterocycles. The molecule has 0 bridgehead atoms. The fourth-order valence-corrected chi connectivity index (χ4v) is 3.83. The summed E-state index contributed by atoms with van der Waals surface area (Å²) in [6.07, 6.45) is 0. The first kappa shape index (κ1) is 20.1. The minimum absolute atomic E-state index is 0.114. The van der Waals surface area contributed by atoms with E-state index in [0.29, 0.717) is 28.3 Å². The quantitative estimate of drug-likeness (QED) is 0.404. The maximum Gasteiger partial charge on any atom is 0.230 e. The van der Waals surface area contributed by atoms with E-state index in [4.69, 9.17) is 4.74 Å². The standard InChI is InChI=1S/C19H19FN4O2S2/c1-13-5-4-6-14(11-13)26-10-9-21-17(25)12-27-19-24-23-18(28-19)22-16-8-3-2-7-15(16)20/h2-8,11H,9-10,12H2,1H3,(H,21,25)(H,22,23). The third kappa shape index (κ3) is 6.21. The summed E-state index contributed by atoms with van der Waals surface area (Å²) in [4.78, 5) is 11.9. The van der Waals surface area contributed by atoms with Crippen molar-refractivity contribution >= 4 is 39.8 Å². The molecule has 2 aromatic carbocycles. The van der Waals surface area contributed by atoms with Crippen LogP contribution in [0.25, 0.3) is 0 Å². The summed E-state index contributed by atoms with van der Waals surface area (Å²) in [5.74, 6) is 0.530. The minimum Gasteiger partial charge on any atom is -0.492 e. The molecule has 0 saturated heterocycles. The van der Waals surface area contributed by atoms with Gasteiger partial charge in [0.05, 0.1) is 18.0 Å². The van der Waals surface area contributed by atoms with E-state index < -0.39 is 0 Å². The lowest BCUT2D eigenvalue weighted by Crippen LogP contribution is -2.29. The molecule has 28 heavy (non-hydrogen) atoms. The molecule has 0 unspecified atom stereocenters. The van der Waals surface area contributed by atoms with Crippen LogP contribution in [0.1, 0.15) is 5.56 Å². The summed E-state index contributed by atoms with van der Waals surface area (Å²) >= 11 is 2.54. The van der Waals surface area contributed by atoms with Crippen LogP contribution >= 0.6 is 23.1 Å². The maximum atomic E-state index is 13.6. The number of benzene rings is 2. The average Bonchev–Trinajstić information content (AvgIpc) is 3.13. The van der Waals surface area contributed by atoms with Crippen molar-refractivity contribution in [2.24, 2.45) is 0 Å². The number of aromatic nitrogens is 2. The maximum absolute atomic E-state index is 13.6. The first-order valence-electron chi connectivity index (χ1n) is 8.54. The van der Waals surface area contributed by atoms with Gasteiger partial charge >= 0.3 is 0 Å². The number of anilines is 2. The second-order valence-corrected chi connectivity index (χ2v) is 7.98. The van der Waals surface area contributed by atoms with Gasteiger partial charge in [-0.25, -0.2) is 4.39 Å². The van der Waals surface area contributed by atoms with Gasteiger partial charge in [0.1, 0.15) is 18.2 Å². The number of nitrogens with zero attached hydrogens (tertiary/aromatic N) is 2. The van der Waals surface area contributed by atoms with Gasteiger partial charge < -0.3 is 15.4 Å². The number of carbonyl (C=O) groups excluding carboxylic acids is 1. The number of nitrogens with one attached hydrogen (secondary N) is 2. The highest BCUT2D eigenvalue weighted by Gasteiger charge is 2.09. The van der Waals surface area contributed by atoms with Crippen molar-refractivity contribution in [2.75, 3.05) is 24.2 Å². The van der Waals surface area contributed by atoms with Crippen LogP contribution in [0.4, 0.5) is 15.2 Å². The number of para-hydroxylation sites is 1. The third-order valence-corrected chi connectivity index (χ3v) is 5.50. The van der Waals surface area contributed by atoms with E-state index in [1.165, 1.54) is 29.2 Å².